The van der Waals surface area contributed by atoms with Gasteiger partial charge in [0.1, 0.15) is 17.2 Å². The lowest BCUT2D eigenvalue weighted by Gasteiger charge is -2.29. The molecule has 0 saturated heterocycles. The fourth-order valence-electron chi connectivity index (χ4n) is 6.59. The maximum Gasteiger partial charge on any atom is 0.330 e. The summed E-state index contributed by atoms with van der Waals surface area (Å²) in [6.07, 6.45) is 17.0. The van der Waals surface area contributed by atoms with Gasteiger partial charge in [-0.05, 0) is 111 Å². The molecule has 7 nitrogen and oxygen atoms in total. The monoisotopic (exact) mass is 617 g/mol. The zero-order valence-electron chi connectivity index (χ0n) is 27.0. The molecule has 0 spiro atoms. The quantitative estimate of drug-likeness (QED) is 0.0627. The van der Waals surface area contributed by atoms with Crippen molar-refractivity contribution in [3.8, 4) is 17.2 Å². The lowest BCUT2D eigenvalue weighted by molar-refractivity contribution is -0.140. The Morgan fingerprint density at radius 3 is 2.24 bits per heavy atom. The Hall–Kier alpha value is -3.61. The van der Waals surface area contributed by atoms with Gasteiger partial charge in [-0.15, -0.1) is 0 Å². The van der Waals surface area contributed by atoms with Gasteiger partial charge in [0.15, 0.2) is 0 Å². The van der Waals surface area contributed by atoms with Crippen molar-refractivity contribution >= 4 is 18.2 Å². The predicted octanol–water partition coefficient (Wildman–Crippen LogP) is 8.83. The zero-order valence-corrected chi connectivity index (χ0v) is 27.0. The minimum atomic E-state index is -0.443. The van der Waals surface area contributed by atoms with E-state index in [0.29, 0.717) is 43.0 Å². The van der Waals surface area contributed by atoms with E-state index in [1.54, 1.807) is 24.3 Å². The lowest BCUT2D eigenvalue weighted by atomic mass is 9.77. The third kappa shape index (κ3) is 11.1. The summed E-state index contributed by atoms with van der Waals surface area (Å²) >= 11 is 0. The minimum Gasteiger partial charge on any atom is -0.493 e. The largest absolute Gasteiger partial charge is 0.493 e. The summed E-state index contributed by atoms with van der Waals surface area (Å²) in [4.78, 5) is 23.9. The van der Waals surface area contributed by atoms with Crippen molar-refractivity contribution in [3.05, 3.63) is 66.2 Å². The van der Waals surface area contributed by atoms with Crippen LogP contribution in [-0.2, 0) is 14.3 Å². The van der Waals surface area contributed by atoms with E-state index in [9.17, 15) is 9.59 Å². The minimum absolute atomic E-state index is 0.117. The fraction of sp³-hybridized carbons (Fsp3) is 0.553. The van der Waals surface area contributed by atoms with E-state index in [1.165, 1.54) is 63.1 Å². The molecule has 0 amide bonds. The Balaban J connectivity index is 1.15. The molecule has 0 unspecified atom stereocenters. The van der Waals surface area contributed by atoms with Gasteiger partial charge in [-0.3, -0.25) is 4.79 Å². The molecule has 45 heavy (non-hydrogen) atoms. The molecule has 2 fully saturated rings. The Morgan fingerprint density at radius 1 is 0.844 bits per heavy atom. The van der Waals surface area contributed by atoms with Crippen molar-refractivity contribution in [2.24, 2.45) is 17.8 Å². The molecule has 0 bridgehead atoms. The maximum atomic E-state index is 12.8. The summed E-state index contributed by atoms with van der Waals surface area (Å²) in [5.41, 5.74) is 2.21. The first kappa shape index (κ1) is 34.3. The van der Waals surface area contributed by atoms with Crippen molar-refractivity contribution in [3.63, 3.8) is 0 Å². The average Bonchev–Trinajstić information content (AvgIpc) is 3.08. The second-order valence-electron chi connectivity index (χ2n) is 12.6. The number of rotatable bonds is 17. The standard InChI is InChI=1S/C38H51NO6/c1-3-5-6-8-28-9-13-30(14-10-28)32-17-22-36(33(25-32)26-39)44-27-29-11-15-31(16-12-29)38(41)45-35-20-18-34(19-21-35)42-23-7-24-43-37(40)4-2/h4,17-22,25-26,28-31,39H,2-3,5-16,23-24,27H2,1H3. The van der Waals surface area contributed by atoms with Gasteiger partial charge in [0, 0.05) is 24.3 Å². The van der Waals surface area contributed by atoms with Gasteiger partial charge in [0.25, 0.3) is 0 Å². The van der Waals surface area contributed by atoms with Gasteiger partial charge in [0.05, 0.1) is 25.7 Å². The van der Waals surface area contributed by atoms with Crippen molar-refractivity contribution in [2.75, 3.05) is 19.8 Å². The highest BCUT2D eigenvalue weighted by Gasteiger charge is 2.28. The second-order valence-corrected chi connectivity index (χ2v) is 12.6. The number of esters is 2. The topological polar surface area (TPSA) is 94.9 Å². The van der Waals surface area contributed by atoms with E-state index in [0.717, 1.165) is 49.0 Å². The van der Waals surface area contributed by atoms with Gasteiger partial charge < -0.3 is 24.4 Å². The molecule has 2 aromatic rings. The van der Waals surface area contributed by atoms with Crippen molar-refractivity contribution < 1.29 is 28.5 Å². The number of hydrogen-bond donors (Lipinski definition) is 1. The van der Waals surface area contributed by atoms with Crippen molar-refractivity contribution in [1.29, 1.82) is 5.41 Å². The molecular formula is C38H51NO6. The normalized spacial score (nSPS) is 21.4. The van der Waals surface area contributed by atoms with Crippen LogP contribution in [0.2, 0.25) is 0 Å². The maximum absolute atomic E-state index is 12.8. The molecule has 2 aromatic carbocycles. The molecule has 7 heteroatoms. The first-order valence-electron chi connectivity index (χ1n) is 17.0. The van der Waals surface area contributed by atoms with Gasteiger partial charge in [-0.1, -0.05) is 45.3 Å². The summed E-state index contributed by atoms with van der Waals surface area (Å²) in [5, 5.41) is 8.01. The van der Waals surface area contributed by atoms with Crippen LogP contribution in [0.3, 0.4) is 0 Å². The highest BCUT2D eigenvalue weighted by Crippen LogP contribution is 2.39. The third-order valence-electron chi connectivity index (χ3n) is 9.39. The molecule has 2 aliphatic carbocycles. The van der Waals surface area contributed by atoms with E-state index in [-0.39, 0.29) is 18.5 Å². The fourth-order valence-corrected chi connectivity index (χ4v) is 6.59. The molecule has 244 valence electrons. The van der Waals surface area contributed by atoms with E-state index >= 15 is 0 Å². The van der Waals surface area contributed by atoms with Crippen molar-refractivity contribution in [2.45, 2.75) is 96.3 Å². The van der Waals surface area contributed by atoms with Gasteiger partial charge in [-0.2, -0.15) is 0 Å². The number of ether oxygens (including phenoxy) is 4. The molecule has 0 aromatic heterocycles. The summed E-state index contributed by atoms with van der Waals surface area (Å²) in [5.74, 6) is 3.06. The first-order valence-corrected chi connectivity index (χ1v) is 17.0. The van der Waals surface area contributed by atoms with Crippen LogP contribution < -0.4 is 14.2 Å². The smallest absolute Gasteiger partial charge is 0.330 e. The lowest BCUT2D eigenvalue weighted by Crippen LogP contribution is -2.27. The van der Waals surface area contributed by atoms with Crippen LogP contribution in [0, 0.1) is 23.2 Å². The molecule has 2 saturated carbocycles. The molecule has 1 N–H and O–H groups in total. The van der Waals surface area contributed by atoms with E-state index in [2.05, 4.69) is 31.7 Å². The highest BCUT2D eigenvalue weighted by molar-refractivity contribution is 5.82. The number of nitrogens with one attached hydrogen (secondary N) is 1. The molecule has 0 radical (unpaired) electrons. The Kier molecular flexibility index (Phi) is 14.0. The van der Waals surface area contributed by atoms with Gasteiger partial charge in [-0.25, -0.2) is 4.79 Å². The van der Waals surface area contributed by atoms with Crippen LogP contribution in [-0.4, -0.2) is 38.0 Å². The number of hydrogen-bond acceptors (Lipinski definition) is 7. The molecular weight excluding hydrogens is 566 g/mol. The zero-order chi connectivity index (χ0) is 31.9. The third-order valence-corrected chi connectivity index (χ3v) is 9.39. The highest BCUT2D eigenvalue weighted by atomic mass is 16.5. The van der Waals surface area contributed by atoms with Crippen LogP contribution >= 0.6 is 0 Å². The predicted molar refractivity (Wildman–Crippen MR) is 177 cm³/mol. The summed E-state index contributed by atoms with van der Waals surface area (Å²) in [6.45, 7) is 6.91. The second kappa shape index (κ2) is 18.4. The number of benzene rings is 2. The van der Waals surface area contributed by atoms with Crippen LogP contribution in [0.4, 0.5) is 0 Å². The average molecular weight is 618 g/mol. The molecule has 0 aliphatic heterocycles. The SMILES string of the molecule is C=CC(=O)OCCCOc1ccc(OC(=O)C2CCC(COc3ccc(C4CCC(CCCCC)CC4)cc3C=N)CC2)cc1. The van der Waals surface area contributed by atoms with Gasteiger partial charge >= 0.3 is 11.9 Å². The molecule has 0 atom stereocenters. The summed E-state index contributed by atoms with van der Waals surface area (Å²) in [7, 11) is 0. The van der Waals surface area contributed by atoms with Crippen molar-refractivity contribution in [1.82, 2.24) is 0 Å². The van der Waals surface area contributed by atoms with Gasteiger partial charge in [0.2, 0.25) is 0 Å². The number of unbranched alkanes of at least 4 members (excludes halogenated alkanes) is 2. The van der Waals surface area contributed by atoms with E-state index in [4.69, 9.17) is 24.4 Å². The van der Waals surface area contributed by atoms with Crippen LogP contribution in [0.25, 0.3) is 0 Å². The van der Waals surface area contributed by atoms with Crippen LogP contribution in [0.1, 0.15) is 107 Å². The van der Waals surface area contributed by atoms with Crippen LogP contribution in [0.15, 0.2) is 55.1 Å². The van der Waals surface area contributed by atoms with E-state index in [1.807, 2.05) is 0 Å². The Bertz CT molecular complexity index is 1230. The summed E-state index contributed by atoms with van der Waals surface area (Å²) < 4.78 is 22.5. The van der Waals surface area contributed by atoms with Crippen LogP contribution in [0.5, 0.6) is 17.2 Å². The van der Waals surface area contributed by atoms with E-state index < -0.39 is 5.97 Å². The molecule has 4 rings (SSSR count). The molecule has 2 aliphatic rings. The Labute approximate surface area is 269 Å². The number of carbonyl (C=O) groups excluding carboxylic acids is 2. The summed E-state index contributed by atoms with van der Waals surface area (Å²) in [6, 6.07) is 13.4. The first-order chi connectivity index (χ1) is 22.0. The number of carbonyl (C=O) groups is 2. The molecule has 0 heterocycles. The Morgan fingerprint density at radius 2 is 1.56 bits per heavy atom.